The van der Waals surface area contributed by atoms with Crippen LogP contribution in [0.3, 0.4) is 0 Å². The Labute approximate surface area is 159 Å². The molecule has 0 amide bonds. The first-order valence-corrected chi connectivity index (χ1v) is 10.7. The maximum absolute atomic E-state index is 14.6. The molecule has 0 saturated heterocycles. The van der Waals surface area contributed by atoms with Crippen LogP contribution in [0.5, 0.6) is 0 Å². The molecule has 0 aliphatic carbocycles. The van der Waals surface area contributed by atoms with Crippen LogP contribution in [0.4, 0.5) is 4.39 Å². The molecule has 1 unspecified atom stereocenters. The first-order chi connectivity index (χ1) is 12.7. The summed E-state index contributed by atoms with van der Waals surface area (Å²) in [6.07, 6.45) is -0.603. The minimum Gasteiger partial charge on any atom is -0.466 e. The lowest BCUT2D eigenvalue weighted by atomic mass is 10.1. The molecule has 0 spiro atoms. The second-order valence-electron chi connectivity index (χ2n) is 6.28. The molecule has 1 atom stereocenters. The molecule has 8 heteroatoms. The van der Waals surface area contributed by atoms with Crippen LogP contribution in [-0.4, -0.2) is 43.4 Å². The zero-order valence-electron chi connectivity index (χ0n) is 16.1. The van der Waals surface area contributed by atoms with E-state index in [1.165, 1.54) is 6.92 Å². The van der Waals surface area contributed by atoms with Crippen molar-refractivity contribution < 1.29 is 32.3 Å². The van der Waals surface area contributed by atoms with Crippen molar-refractivity contribution in [3.63, 3.8) is 0 Å². The summed E-state index contributed by atoms with van der Waals surface area (Å²) in [5.74, 6) is -0.731. The van der Waals surface area contributed by atoms with Crippen LogP contribution in [-0.2, 0) is 23.1 Å². The van der Waals surface area contributed by atoms with Crippen LogP contribution < -0.4 is 0 Å². The summed E-state index contributed by atoms with van der Waals surface area (Å²) in [5, 5.41) is 0. The molecule has 0 aliphatic rings. The fourth-order valence-corrected chi connectivity index (χ4v) is 4.45. The third kappa shape index (κ3) is 9.27. The van der Waals surface area contributed by atoms with Crippen molar-refractivity contribution in [2.75, 3.05) is 26.0 Å². The smallest absolute Gasteiger partial charge is 0.333 e. The van der Waals surface area contributed by atoms with Crippen LogP contribution in [0.2, 0.25) is 0 Å². The van der Waals surface area contributed by atoms with E-state index in [1.807, 2.05) is 0 Å². The molecule has 1 rings (SSSR count). The number of esters is 1. The van der Waals surface area contributed by atoms with Crippen molar-refractivity contribution in [1.82, 2.24) is 0 Å². The highest BCUT2D eigenvalue weighted by Crippen LogP contribution is 2.51. The zero-order valence-corrected chi connectivity index (χ0v) is 17.0. The molecule has 152 valence electrons. The summed E-state index contributed by atoms with van der Waals surface area (Å²) in [5.41, 5.74) is -1.34. The van der Waals surface area contributed by atoms with Gasteiger partial charge >= 0.3 is 13.6 Å². The third-order valence-corrected chi connectivity index (χ3v) is 6.06. The van der Waals surface area contributed by atoms with Gasteiger partial charge in [0.1, 0.15) is 5.67 Å². The highest BCUT2D eigenvalue weighted by molar-refractivity contribution is 7.53. The number of carbonyl (C=O) groups is 2. The zero-order chi connectivity index (χ0) is 20.3. The largest absolute Gasteiger partial charge is 0.466 e. The quantitative estimate of drug-likeness (QED) is 0.273. The molecule has 27 heavy (non-hydrogen) atoms. The second-order valence-corrected chi connectivity index (χ2v) is 8.33. The number of Topliss-reactive ketones (excluding diaryl/α,β-unsaturated/α-hetero) is 1. The van der Waals surface area contributed by atoms with Gasteiger partial charge in [0.25, 0.3) is 0 Å². The highest BCUT2D eigenvalue weighted by atomic mass is 31.2. The van der Waals surface area contributed by atoms with Crippen LogP contribution in [0, 0.1) is 0 Å². The lowest BCUT2D eigenvalue weighted by Crippen LogP contribution is -2.27. The predicted octanol–water partition coefficient (Wildman–Crippen LogP) is 4.58. The van der Waals surface area contributed by atoms with E-state index >= 15 is 0 Å². The van der Waals surface area contributed by atoms with Crippen LogP contribution in [0.1, 0.15) is 50.4 Å². The van der Waals surface area contributed by atoms with Crippen molar-refractivity contribution in [3.05, 3.63) is 35.9 Å². The molecule has 6 nitrogen and oxygen atoms in total. The van der Waals surface area contributed by atoms with Gasteiger partial charge in [-0.3, -0.25) is 14.2 Å². The Hall–Kier alpha value is -1.56. The average Bonchev–Trinajstić information content (AvgIpc) is 2.60. The van der Waals surface area contributed by atoms with Gasteiger partial charge in [0, 0.05) is 18.4 Å². The number of ketones is 1. The molecular formula is C19H28FO6P. The Balaban J connectivity index is 2.38. The molecule has 0 heterocycles. The molecule has 0 aromatic heterocycles. The van der Waals surface area contributed by atoms with E-state index in [9.17, 15) is 18.5 Å². The number of benzene rings is 1. The SMILES string of the molecule is CCOP(=O)(CC(C)(F)CCOC(=O)CCC(=O)c1ccccc1)OCC. The molecule has 0 N–H and O–H groups in total. The van der Waals surface area contributed by atoms with Crippen molar-refractivity contribution in [2.45, 2.75) is 45.7 Å². The number of carbonyl (C=O) groups excluding carboxylic acids is 2. The summed E-state index contributed by atoms with van der Waals surface area (Å²) in [6, 6.07) is 8.65. The lowest BCUT2D eigenvalue weighted by molar-refractivity contribution is -0.144. The fraction of sp³-hybridized carbons (Fsp3) is 0.579. The maximum atomic E-state index is 14.6. The number of hydrogen-bond donors (Lipinski definition) is 0. The van der Waals surface area contributed by atoms with Crippen molar-refractivity contribution in [1.29, 1.82) is 0 Å². The van der Waals surface area contributed by atoms with Gasteiger partial charge in [0.15, 0.2) is 5.78 Å². The van der Waals surface area contributed by atoms with Gasteiger partial charge in [-0.1, -0.05) is 30.3 Å². The summed E-state index contributed by atoms with van der Waals surface area (Å²) in [4.78, 5) is 23.7. The normalized spacial score (nSPS) is 13.8. The molecule has 0 radical (unpaired) electrons. The van der Waals surface area contributed by atoms with E-state index in [-0.39, 0.29) is 44.9 Å². The molecule has 0 fully saturated rings. The summed E-state index contributed by atoms with van der Waals surface area (Å²) in [7, 11) is -3.52. The van der Waals surface area contributed by atoms with Crippen LogP contribution in [0.15, 0.2) is 30.3 Å². The highest BCUT2D eigenvalue weighted by Gasteiger charge is 2.36. The monoisotopic (exact) mass is 402 g/mol. The van der Waals surface area contributed by atoms with E-state index in [0.29, 0.717) is 5.56 Å². The molecular weight excluding hydrogens is 374 g/mol. The first-order valence-electron chi connectivity index (χ1n) is 9.02. The molecule has 0 bridgehead atoms. The standard InChI is InChI=1S/C19H28FO6P/c1-4-25-27(23,26-5-2)15-19(3,20)13-14-24-18(22)12-11-17(21)16-9-7-6-8-10-16/h6-10H,4-5,11-15H2,1-3H3. The number of alkyl halides is 1. The predicted molar refractivity (Wildman–Crippen MR) is 101 cm³/mol. The van der Waals surface area contributed by atoms with E-state index in [4.69, 9.17) is 13.8 Å². The van der Waals surface area contributed by atoms with Gasteiger partial charge in [0.05, 0.1) is 32.4 Å². The van der Waals surface area contributed by atoms with Gasteiger partial charge in [-0.05, 0) is 20.8 Å². The molecule has 0 aliphatic heterocycles. The summed E-state index contributed by atoms with van der Waals surface area (Å²) < 4.78 is 42.2. The molecule has 1 aromatic rings. The Kier molecular flexibility index (Phi) is 9.84. The van der Waals surface area contributed by atoms with Crippen LogP contribution >= 0.6 is 7.60 Å². The van der Waals surface area contributed by atoms with E-state index in [0.717, 1.165) is 0 Å². The van der Waals surface area contributed by atoms with E-state index < -0.39 is 25.4 Å². The lowest BCUT2D eigenvalue weighted by Gasteiger charge is -2.25. The fourth-order valence-electron chi connectivity index (χ4n) is 2.44. The van der Waals surface area contributed by atoms with Crippen LogP contribution in [0.25, 0.3) is 0 Å². The minimum atomic E-state index is -3.52. The Morgan fingerprint density at radius 2 is 1.67 bits per heavy atom. The summed E-state index contributed by atoms with van der Waals surface area (Å²) in [6.45, 7) is 4.70. The van der Waals surface area contributed by atoms with Gasteiger partial charge < -0.3 is 13.8 Å². The van der Waals surface area contributed by atoms with Crippen molar-refractivity contribution >= 4 is 19.3 Å². The van der Waals surface area contributed by atoms with Gasteiger partial charge in [-0.2, -0.15) is 0 Å². The minimum absolute atomic E-state index is 0.0274. The maximum Gasteiger partial charge on any atom is 0.333 e. The van der Waals surface area contributed by atoms with Crippen molar-refractivity contribution in [3.8, 4) is 0 Å². The molecule has 0 saturated carbocycles. The Morgan fingerprint density at radius 3 is 2.22 bits per heavy atom. The number of hydrogen-bond acceptors (Lipinski definition) is 6. The number of ether oxygens (including phenoxy) is 1. The van der Waals surface area contributed by atoms with Crippen molar-refractivity contribution in [2.24, 2.45) is 0 Å². The van der Waals surface area contributed by atoms with E-state index in [1.54, 1.807) is 44.2 Å². The third-order valence-electron chi connectivity index (χ3n) is 3.71. The Morgan fingerprint density at radius 1 is 1.07 bits per heavy atom. The second kappa shape index (κ2) is 11.3. The van der Waals surface area contributed by atoms with Gasteiger partial charge in [-0.15, -0.1) is 0 Å². The van der Waals surface area contributed by atoms with Gasteiger partial charge in [-0.25, -0.2) is 4.39 Å². The molecule has 1 aromatic carbocycles. The average molecular weight is 402 g/mol. The topological polar surface area (TPSA) is 78.9 Å². The number of halogens is 1. The summed E-state index contributed by atoms with van der Waals surface area (Å²) >= 11 is 0. The van der Waals surface area contributed by atoms with E-state index in [2.05, 4.69) is 0 Å². The van der Waals surface area contributed by atoms with Gasteiger partial charge in [0.2, 0.25) is 0 Å². The first kappa shape index (κ1) is 23.5. The number of rotatable bonds is 13. The Bertz CT molecular complexity index is 637.